The minimum Gasteiger partial charge on any atom is -0.449 e. The lowest BCUT2D eigenvalue weighted by Gasteiger charge is -2.30. The van der Waals surface area contributed by atoms with Gasteiger partial charge in [-0.05, 0) is 38.1 Å². The van der Waals surface area contributed by atoms with Crippen molar-refractivity contribution < 1.29 is 19.1 Å². The van der Waals surface area contributed by atoms with Crippen LogP contribution in [0.1, 0.15) is 47.5 Å². The van der Waals surface area contributed by atoms with Gasteiger partial charge in [-0.2, -0.15) is 0 Å². The molecule has 0 aromatic rings. The Morgan fingerprint density at radius 1 is 1.12 bits per heavy atom. The highest BCUT2D eigenvalue weighted by Gasteiger charge is 2.27. The molecule has 0 heterocycles. The predicted molar refractivity (Wildman–Crippen MR) is 109 cm³/mol. The van der Waals surface area contributed by atoms with Crippen molar-refractivity contribution in [1.82, 2.24) is 10.4 Å². The summed E-state index contributed by atoms with van der Waals surface area (Å²) in [5, 5.41) is 1.26. The molecule has 1 atom stereocenters. The summed E-state index contributed by atoms with van der Waals surface area (Å²) >= 11 is 0. The molecule has 0 radical (unpaired) electrons. The van der Waals surface area contributed by atoms with Gasteiger partial charge in [-0.3, -0.25) is 0 Å². The zero-order valence-corrected chi connectivity index (χ0v) is 18.8. The molecule has 0 spiro atoms. The highest BCUT2D eigenvalue weighted by atomic mass is 28.3. The van der Waals surface area contributed by atoms with Crippen LogP contribution in [-0.4, -0.2) is 44.5 Å². The summed E-state index contributed by atoms with van der Waals surface area (Å²) in [6.45, 7) is 17.3. The van der Waals surface area contributed by atoms with Crippen LogP contribution in [0.2, 0.25) is 25.7 Å². The number of ether oxygens (including phenoxy) is 2. The smallest absolute Gasteiger partial charge is 0.429 e. The van der Waals surface area contributed by atoms with Gasteiger partial charge < -0.3 is 9.47 Å². The van der Waals surface area contributed by atoms with Crippen molar-refractivity contribution in [3.63, 3.8) is 0 Å². The number of hydrogen-bond acceptors (Lipinski definition) is 4. The van der Waals surface area contributed by atoms with E-state index in [-0.39, 0.29) is 24.7 Å². The molecular weight excluding hydrogens is 348 g/mol. The summed E-state index contributed by atoms with van der Waals surface area (Å²) in [6, 6.07) is 0.726. The maximum Gasteiger partial charge on any atom is 0.429 e. The first kappa shape index (κ1) is 24.5. The van der Waals surface area contributed by atoms with Gasteiger partial charge >= 0.3 is 12.2 Å². The molecule has 0 fully saturated rings. The van der Waals surface area contributed by atoms with Crippen molar-refractivity contribution in [3.05, 3.63) is 12.2 Å². The molecule has 6 nitrogen and oxygen atoms in total. The number of amides is 2. The lowest BCUT2D eigenvalue weighted by atomic mass is 9.88. The lowest BCUT2D eigenvalue weighted by Crippen LogP contribution is -2.52. The van der Waals surface area contributed by atoms with Crippen LogP contribution in [-0.2, 0) is 9.47 Å². The zero-order valence-electron chi connectivity index (χ0n) is 17.8. The molecule has 152 valence electrons. The van der Waals surface area contributed by atoms with Crippen LogP contribution in [0.25, 0.3) is 0 Å². The zero-order chi connectivity index (χ0) is 20.4. The lowest BCUT2D eigenvalue weighted by molar-refractivity contribution is 0.0598. The molecule has 1 N–H and O–H groups in total. The first-order valence-corrected chi connectivity index (χ1v) is 13.2. The number of allylic oxidation sites excluding steroid dienone is 1. The van der Waals surface area contributed by atoms with Crippen molar-refractivity contribution in [2.24, 2.45) is 5.41 Å². The molecule has 0 aliphatic rings. The fourth-order valence-corrected chi connectivity index (χ4v) is 3.03. The molecule has 0 saturated carbocycles. The van der Waals surface area contributed by atoms with Crippen LogP contribution in [0.3, 0.4) is 0 Å². The number of carbonyl (C=O) groups is 2. The molecule has 0 aromatic carbocycles. The maximum absolute atomic E-state index is 12.4. The Hall–Kier alpha value is -1.50. The molecule has 1 unspecified atom stereocenters. The van der Waals surface area contributed by atoms with E-state index in [0.717, 1.165) is 18.9 Å². The van der Waals surface area contributed by atoms with Gasteiger partial charge in [-0.1, -0.05) is 52.6 Å². The van der Waals surface area contributed by atoms with Crippen LogP contribution in [0, 0.1) is 5.41 Å². The highest BCUT2D eigenvalue weighted by molar-refractivity contribution is 6.76. The number of rotatable bonds is 8. The van der Waals surface area contributed by atoms with Gasteiger partial charge in [0.1, 0.15) is 0 Å². The molecule has 0 rings (SSSR count). The SMILES string of the molecule is CCOC(=O)NN(C(=O)OCC)C(/C=C/C[Si](C)(C)C)CCC(C)(C)C. The number of hydrazine groups is 1. The van der Waals surface area contributed by atoms with Gasteiger partial charge in [-0.25, -0.2) is 20.0 Å². The van der Waals surface area contributed by atoms with E-state index in [1.807, 2.05) is 6.08 Å². The van der Waals surface area contributed by atoms with Crippen LogP contribution >= 0.6 is 0 Å². The van der Waals surface area contributed by atoms with E-state index < -0.39 is 20.3 Å². The third kappa shape index (κ3) is 11.9. The largest absolute Gasteiger partial charge is 0.449 e. The second-order valence-electron chi connectivity index (χ2n) is 8.76. The van der Waals surface area contributed by atoms with Gasteiger partial charge in [0.2, 0.25) is 0 Å². The van der Waals surface area contributed by atoms with Gasteiger partial charge in [0.15, 0.2) is 0 Å². The molecule has 0 aliphatic heterocycles. The Bertz CT molecular complexity index is 467. The van der Waals surface area contributed by atoms with Gasteiger partial charge in [0, 0.05) is 8.07 Å². The summed E-state index contributed by atoms with van der Waals surface area (Å²) in [6.07, 6.45) is 4.52. The third-order valence-electron chi connectivity index (χ3n) is 3.56. The normalized spacial score (nSPS) is 13.4. The van der Waals surface area contributed by atoms with E-state index in [0.29, 0.717) is 0 Å². The van der Waals surface area contributed by atoms with Crippen molar-refractivity contribution in [1.29, 1.82) is 0 Å². The van der Waals surface area contributed by atoms with Crippen molar-refractivity contribution in [3.8, 4) is 0 Å². The Labute approximate surface area is 160 Å². The average Bonchev–Trinajstić information content (AvgIpc) is 2.47. The number of nitrogens with zero attached hydrogens (tertiary/aromatic N) is 1. The van der Waals surface area contributed by atoms with E-state index in [2.05, 4.69) is 51.9 Å². The topological polar surface area (TPSA) is 67.9 Å². The fourth-order valence-electron chi connectivity index (χ4n) is 2.19. The van der Waals surface area contributed by atoms with Gasteiger partial charge in [-0.15, -0.1) is 0 Å². The van der Waals surface area contributed by atoms with Crippen LogP contribution in [0.5, 0.6) is 0 Å². The molecule has 0 saturated heterocycles. The van der Waals surface area contributed by atoms with Crippen LogP contribution < -0.4 is 5.43 Å². The number of hydrogen-bond donors (Lipinski definition) is 1. The summed E-state index contributed by atoms with van der Waals surface area (Å²) in [5.41, 5.74) is 2.66. The first-order chi connectivity index (χ1) is 11.9. The quantitative estimate of drug-likeness (QED) is 0.354. The molecule has 0 aromatic heterocycles. The Morgan fingerprint density at radius 2 is 1.69 bits per heavy atom. The average molecular weight is 387 g/mol. The highest BCUT2D eigenvalue weighted by Crippen LogP contribution is 2.24. The molecular formula is C19H38N2O4Si. The molecule has 26 heavy (non-hydrogen) atoms. The van der Waals surface area contributed by atoms with E-state index in [1.54, 1.807) is 13.8 Å². The standard InChI is InChI=1S/C19H38N2O4Si/c1-9-24-17(22)20-21(18(23)25-10-2)16(13-14-19(3,4)5)12-11-15-26(6,7)8/h11-12,16H,9-10,13-15H2,1-8H3,(H,20,22)/b12-11+. The van der Waals surface area contributed by atoms with Crippen LogP contribution in [0.15, 0.2) is 12.2 Å². The predicted octanol–water partition coefficient (Wildman–Crippen LogP) is 5.20. The van der Waals surface area contributed by atoms with E-state index in [1.165, 1.54) is 5.01 Å². The molecule has 7 heteroatoms. The van der Waals surface area contributed by atoms with E-state index in [9.17, 15) is 9.59 Å². The van der Waals surface area contributed by atoms with Crippen molar-refractivity contribution in [2.45, 2.75) is 79.2 Å². The molecule has 0 bridgehead atoms. The van der Waals surface area contributed by atoms with Crippen molar-refractivity contribution >= 4 is 20.3 Å². The monoisotopic (exact) mass is 386 g/mol. The first-order valence-electron chi connectivity index (χ1n) is 9.45. The summed E-state index contributed by atoms with van der Waals surface area (Å²) < 4.78 is 10.1. The van der Waals surface area contributed by atoms with E-state index >= 15 is 0 Å². The Balaban J connectivity index is 5.43. The number of nitrogens with one attached hydrogen (secondary N) is 1. The molecule has 0 aliphatic carbocycles. The van der Waals surface area contributed by atoms with Gasteiger partial charge in [0.05, 0.1) is 19.3 Å². The summed E-state index contributed by atoms with van der Waals surface area (Å²) in [7, 11) is -1.24. The summed E-state index contributed by atoms with van der Waals surface area (Å²) in [5.74, 6) is 0. The Morgan fingerprint density at radius 3 is 2.15 bits per heavy atom. The molecule has 2 amide bonds. The Kier molecular flexibility index (Phi) is 10.6. The second-order valence-corrected chi connectivity index (χ2v) is 14.3. The van der Waals surface area contributed by atoms with Crippen molar-refractivity contribution in [2.75, 3.05) is 13.2 Å². The maximum atomic E-state index is 12.4. The van der Waals surface area contributed by atoms with E-state index in [4.69, 9.17) is 9.47 Å². The van der Waals surface area contributed by atoms with Crippen LogP contribution in [0.4, 0.5) is 9.59 Å². The minimum atomic E-state index is -1.24. The van der Waals surface area contributed by atoms with Gasteiger partial charge in [0.25, 0.3) is 0 Å². The summed E-state index contributed by atoms with van der Waals surface area (Å²) in [4.78, 5) is 24.3. The number of carbonyl (C=O) groups excluding carboxylic acids is 2. The fraction of sp³-hybridized carbons (Fsp3) is 0.789. The third-order valence-corrected chi connectivity index (χ3v) is 5.02. The minimum absolute atomic E-state index is 0.120. The second kappa shape index (κ2) is 11.3.